The number of hydrogen-bond donors (Lipinski definition) is 0. The molecule has 0 nitrogen and oxygen atoms in total. The van der Waals surface area contributed by atoms with Gasteiger partial charge in [0.1, 0.15) is 0 Å². The van der Waals surface area contributed by atoms with Gasteiger partial charge in [0.2, 0.25) is 0 Å². The third kappa shape index (κ3) is 4.54. The molecule has 1 aliphatic carbocycles. The van der Waals surface area contributed by atoms with Gasteiger partial charge in [-0.05, 0) is 109 Å². The fourth-order valence-electron chi connectivity index (χ4n) is 7.16. The Bertz CT molecular complexity index is 1850. The summed E-state index contributed by atoms with van der Waals surface area (Å²) in [5.41, 5.74) is 20.3. The molecular formula is C43H38. The molecule has 0 saturated heterocycles. The third-order valence-corrected chi connectivity index (χ3v) is 9.24. The first-order chi connectivity index (χ1) is 20.7. The van der Waals surface area contributed by atoms with Gasteiger partial charge in [-0.1, -0.05) is 143 Å². The van der Waals surface area contributed by atoms with E-state index in [9.17, 15) is 0 Å². The van der Waals surface area contributed by atoms with Crippen LogP contribution >= 0.6 is 0 Å². The van der Waals surface area contributed by atoms with Crippen LogP contribution in [0.15, 0.2) is 121 Å². The molecule has 0 bridgehead atoms. The molecule has 43 heavy (non-hydrogen) atoms. The molecule has 6 aromatic rings. The summed E-state index contributed by atoms with van der Waals surface area (Å²) in [4.78, 5) is 0. The van der Waals surface area contributed by atoms with Crippen LogP contribution in [-0.2, 0) is 5.41 Å². The first-order valence-electron chi connectivity index (χ1n) is 15.3. The summed E-state index contributed by atoms with van der Waals surface area (Å²) in [6.45, 7) is 13.2. The zero-order valence-electron chi connectivity index (χ0n) is 26.0. The van der Waals surface area contributed by atoms with Crippen molar-refractivity contribution < 1.29 is 0 Å². The molecule has 0 radical (unpaired) electrons. The van der Waals surface area contributed by atoms with Crippen LogP contribution in [0, 0.1) is 41.5 Å². The minimum atomic E-state index is -0.459. The van der Waals surface area contributed by atoms with Crippen molar-refractivity contribution in [2.45, 2.75) is 47.0 Å². The SMILES string of the molecule is Cc1ccc(-c2cc(C)cc(C3(c4cc(C)cc(-c5ccc(C)cc5)c4)c4cc(C)ccc4-c4ccc(C)cc43)c2)cc1. The van der Waals surface area contributed by atoms with Gasteiger partial charge in [-0.25, -0.2) is 0 Å². The quantitative estimate of drug-likeness (QED) is 0.203. The smallest absolute Gasteiger partial charge is 0.0587 e. The minimum absolute atomic E-state index is 0.459. The topological polar surface area (TPSA) is 0 Å². The van der Waals surface area contributed by atoms with Gasteiger partial charge in [-0.3, -0.25) is 0 Å². The van der Waals surface area contributed by atoms with E-state index in [1.54, 1.807) is 0 Å². The molecule has 0 aliphatic heterocycles. The van der Waals surface area contributed by atoms with Crippen molar-refractivity contribution in [1.82, 2.24) is 0 Å². The van der Waals surface area contributed by atoms with Crippen molar-refractivity contribution in [3.63, 3.8) is 0 Å². The number of aryl methyl sites for hydroxylation is 6. The molecule has 0 unspecified atom stereocenters. The normalized spacial score (nSPS) is 13.1. The van der Waals surface area contributed by atoms with E-state index in [2.05, 4.69) is 163 Å². The Morgan fingerprint density at radius 1 is 0.302 bits per heavy atom. The van der Waals surface area contributed by atoms with Crippen LogP contribution in [0.5, 0.6) is 0 Å². The molecule has 0 amide bonds. The first-order valence-corrected chi connectivity index (χ1v) is 15.3. The van der Waals surface area contributed by atoms with E-state index in [4.69, 9.17) is 0 Å². The average Bonchev–Trinajstić information content (AvgIpc) is 3.26. The second-order valence-corrected chi connectivity index (χ2v) is 12.8. The molecule has 6 aromatic carbocycles. The largest absolute Gasteiger partial charge is 0.0714 e. The van der Waals surface area contributed by atoms with Gasteiger partial charge in [0.25, 0.3) is 0 Å². The molecule has 0 heteroatoms. The van der Waals surface area contributed by atoms with E-state index in [1.165, 1.54) is 89.0 Å². The Hall–Kier alpha value is -4.68. The lowest BCUT2D eigenvalue weighted by Gasteiger charge is -2.35. The highest BCUT2D eigenvalue weighted by molar-refractivity contribution is 5.88. The van der Waals surface area contributed by atoms with Gasteiger partial charge in [0, 0.05) is 0 Å². The average molecular weight is 555 g/mol. The van der Waals surface area contributed by atoms with Gasteiger partial charge in [-0.2, -0.15) is 0 Å². The molecule has 0 N–H and O–H groups in total. The number of rotatable bonds is 4. The molecular weight excluding hydrogens is 516 g/mol. The van der Waals surface area contributed by atoms with Crippen molar-refractivity contribution in [1.29, 1.82) is 0 Å². The lowest BCUT2D eigenvalue weighted by molar-refractivity contribution is 0.765. The van der Waals surface area contributed by atoms with Crippen molar-refractivity contribution in [3.05, 3.63) is 177 Å². The first kappa shape index (κ1) is 27.2. The zero-order valence-corrected chi connectivity index (χ0v) is 26.0. The van der Waals surface area contributed by atoms with Gasteiger partial charge >= 0.3 is 0 Å². The highest BCUT2D eigenvalue weighted by Crippen LogP contribution is 2.57. The fourth-order valence-corrected chi connectivity index (χ4v) is 7.16. The van der Waals surface area contributed by atoms with Crippen LogP contribution in [-0.4, -0.2) is 0 Å². The molecule has 0 aromatic heterocycles. The number of fused-ring (bicyclic) bond motifs is 3. The molecule has 7 rings (SSSR count). The zero-order chi connectivity index (χ0) is 29.9. The van der Waals surface area contributed by atoms with Gasteiger partial charge < -0.3 is 0 Å². The minimum Gasteiger partial charge on any atom is -0.0587 e. The molecule has 1 aliphatic rings. The summed E-state index contributed by atoms with van der Waals surface area (Å²) in [5.74, 6) is 0. The second kappa shape index (κ2) is 10.2. The summed E-state index contributed by atoms with van der Waals surface area (Å²) in [6.07, 6.45) is 0. The van der Waals surface area contributed by atoms with Crippen LogP contribution in [0.4, 0.5) is 0 Å². The Balaban J connectivity index is 1.61. The summed E-state index contributed by atoms with van der Waals surface area (Å²) in [5, 5.41) is 0. The predicted octanol–water partition coefficient (Wildman–Crippen LogP) is 11.2. The lowest BCUT2D eigenvalue weighted by atomic mass is 9.66. The van der Waals surface area contributed by atoms with Crippen molar-refractivity contribution in [2.75, 3.05) is 0 Å². The molecule has 0 spiro atoms. The molecule has 0 fully saturated rings. The molecule has 210 valence electrons. The van der Waals surface area contributed by atoms with E-state index < -0.39 is 5.41 Å². The van der Waals surface area contributed by atoms with Gasteiger partial charge in [-0.15, -0.1) is 0 Å². The summed E-state index contributed by atoms with van der Waals surface area (Å²) in [6, 6.07) is 46.4. The maximum atomic E-state index is 2.45. The highest BCUT2D eigenvalue weighted by Gasteiger charge is 2.46. The Kier molecular flexibility index (Phi) is 6.47. The Morgan fingerprint density at radius 3 is 1.07 bits per heavy atom. The van der Waals surface area contributed by atoms with Gasteiger partial charge in [0.05, 0.1) is 5.41 Å². The van der Waals surface area contributed by atoms with Crippen molar-refractivity contribution >= 4 is 0 Å². The molecule has 0 atom stereocenters. The standard InChI is InChI=1S/C43H38/c1-27-7-13-33(14-8-27)35-19-31(5)21-37(25-35)43(38-22-32(6)20-36(26-38)34-15-9-28(2)10-16-34)41-23-29(3)11-17-39(41)40-18-12-30(4)24-42(40)43/h7-26H,1-6H3. The molecule has 0 heterocycles. The maximum absolute atomic E-state index is 2.45. The van der Waals surface area contributed by atoms with Gasteiger partial charge in [0.15, 0.2) is 0 Å². The maximum Gasteiger partial charge on any atom is 0.0714 e. The Labute approximate surface area is 256 Å². The van der Waals surface area contributed by atoms with Crippen LogP contribution < -0.4 is 0 Å². The summed E-state index contributed by atoms with van der Waals surface area (Å²) < 4.78 is 0. The van der Waals surface area contributed by atoms with Crippen LogP contribution in [0.25, 0.3) is 33.4 Å². The fraction of sp³-hybridized carbons (Fsp3) is 0.163. The number of hydrogen-bond acceptors (Lipinski definition) is 0. The van der Waals surface area contributed by atoms with E-state index in [1.807, 2.05) is 0 Å². The lowest BCUT2D eigenvalue weighted by Crippen LogP contribution is -2.29. The Morgan fingerprint density at radius 2 is 0.674 bits per heavy atom. The van der Waals surface area contributed by atoms with Crippen LogP contribution in [0.1, 0.15) is 55.6 Å². The second-order valence-electron chi connectivity index (χ2n) is 12.8. The van der Waals surface area contributed by atoms with Crippen molar-refractivity contribution in [3.8, 4) is 33.4 Å². The predicted molar refractivity (Wildman–Crippen MR) is 183 cm³/mol. The molecule has 0 saturated carbocycles. The van der Waals surface area contributed by atoms with E-state index in [0.717, 1.165) is 0 Å². The van der Waals surface area contributed by atoms with Crippen molar-refractivity contribution in [2.24, 2.45) is 0 Å². The van der Waals surface area contributed by atoms with E-state index in [0.29, 0.717) is 0 Å². The highest BCUT2D eigenvalue weighted by atomic mass is 14.5. The van der Waals surface area contributed by atoms with E-state index in [-0.39, 0.29) is 0 Å². The van der Waals surface area contributed by atoms with Crippen LogP contribution in [0.3, 0.4) is 0 Å². The third-order valence-electron chi connectivity index (χ3n) is 9.24. The summed E-state index contributed by atoms with van der Waals surface area (Å²) >= 11 is 0. The monoisotopic (exact) mass is 554 g/mol. The van der Waals surface area contributed by atoms with Crippen LogP contribution in [0.2, 0.25) is 0 Å². The van der Waals surface area contributed by atoms with E-state index >= 15 is 0 Å². The summed E-state index contributed by atoms with van der Waals surface area (Å²) in [7, 11) is 0. The number of benzene rings is 6.